The number of fused-ring (bicyclic) bond motifs is 3. The van der Waals surface area contributed by atoms with E-state index in [1.165, 1.54) is 4.90 Å². The molecule has 8 nitrogen and oxygen atoms in total. The number of aliphatic hydroxyl groups is 1. The molecule has 0 saturated carbocycles. The van der Waals surface area contributed by atoms with Gasteiger partial charge in [-0.15, -0.1) is 0 Å². The monoisotopic (exact) mass is 473 g/mol. The van der Waals surface area contributed by atoms with Crippen LogP contribution in [0, 0.1) is 11.8 Å². The van der Waals surface area contributed by atoms with Crippen LogP contribution in [-0.4, -0.2) is 83.7 Å². The number of likely N-dealkylation sites (tertiary alicyclic amines) is 1. The number of nitrogens with zero attached hydrogens (tertiary/aromatic N) is 3. The molecule has 2 saturated heterocycles. The molecule has 4 aliphatic heterocycles. The highest BCUT2D eigenvalue weighted by molar-refractivity contribution is 6.06. The molecule has 8 heteroatoms. The number of likely N-dealkylation sites (N-methyl/N-ethyl adjacent to an activating group) is 1. The number of anilines is 1. The maximum absolute atomic E-state index is 14.2. The molecule has 1 N–H and O–H groups in total. The van der Waals surface area contributed by atoms with E-state index in [-0.39, 0.29) is 30.9 Å². The average molecular weight is 474 g/mol. The summed E-state index contributed by atoms with van der Waals surface area (Å²) < 4.78 is 6.52. The topological polar surface area (TPSA) is 90.4 Å². The average Bonchev–Trinajstić information content (AvgIpc) is 3.18. The van der Waals surface area contributed by atoms with Crippen molar-refractivity contribution in [2.45, 2.75) is 17.7 Å². The molecule has 1 spiro atoms. The molecular formula is C27H27N3O5. The zero-order valence-electron chi connectivity index (χ0n) is 19.4. The Morgan fingerprint density at radius 2 is 1.80 bits per heavy atom. The standard InChI is InChI=1S/C27H27N3O5/c1-28-12-4-8-20-21(24(28)32)22-25(33)30(14-15-31)23-26(34)29(13-5-11-27(22,23)35-20)19-10-9-17-6-2-3-7-18(17)16-19/h2-11,16,20-23,31H,12-15H2,1H3/t20-,21+,22-,23?,27-/m0/s1. The summed E-state index contributed by atoms with van der Waals surface area (Å²) in [5, 5.41) is 11.8. The second-order valence-corrected chi connectivity index (χ2v) is 9.63. The lowest BCUT2D eigenvalue weighted by Gasteiger charge is -2.35. The van der Waals surface area contributed by atoms with Crippen LogP contribution in [0.25, 0.3) is 10.8 Å². The molecule has 35 heavy (non-hydrogen) atoms. The van der Waals surface area contributed by atoms with Gasteiger partial charge in [-0.1, -0.05) is 54.6 Å². The number of hydrogen-bond acceptors (Lipinski definition) is 5. The third-order valence-electron chi connectivity index (χ3n) is 7.75. The number of hydrogen-bond donors (Lipinski definition) is 1. The summed E-state index contributed by atoms with van der Waals surface area (Å²) in [6.07, 6.45) is 6.79. The number of rotatable bonds is 3. The molecule has 2 aromatic carbocycles. The van der Waals surface area contributed by atoms with Gasteiger partial charge in [0.1, 0.15) is 11.6 Å². The highest BCUT2D eigenvalue weighted by atomic mass is 16.5. The van der Waals surface area contributed by atoms with Crippen molar-refractivity contribution in [3.8, 4) is 0 Å². The zero-order valence-corrected chi connectivity index (χ0v) is 19.4. The lowest BCUT2D eigenvalue weighted by atomic mass is 9.77. The van der Waals surface area contributed by atoms with E-state index in [1.54, 1.807) is 16.8 Å². The Morgan fingerprint density at radius 1 is 1.00 bits per heavy atom. The van der Waals surface area contributed by atoms with E-state index < -0.39 is 29.6 Å². The summed E-state index contributed by atoms with van der Waals surface area (Å²) in [6.45, 7) is 0.455. The van der Waals surface area contributed by atoms with Gasteiger partial charge in [-0.3, -0.25) is 14.4 Å². The third kappa shape index (κ3) is 3.10. The van der Waals surface area contributed by atoms with Gasteiger partial charge in [-0.05, 0) is 22.9 Å². The molecule has 2 fully saturated rings. The Kier molecular flexibility index (Phi) is 5.05. The molecule has 4 heterocycles. The van der Waals surface area contributed by atoms with Gasteiger partial charge in [0.25, 0.3) is 5.91 Å². The lowest BCUT2D eigenvalue weighted by Crippen LogP contribution is -2.55. The van der Waals surface area contributed by atoms with Crippen molar-refractivity contribution in [1.29, 1.82) is 0 Å². The maximum Gasteiger partial charge on any atom is 0.253 e. The summed E-state index contributed by atoms with van der Waals surface area (Å²) in [4.78, 5) is 45.9. The molecule has 3 amide bonds. The molecule has 5 atom stereocenters. The van der Waals surface area contributed by atoms with Crippen molar-refractivity contribution in [3.63, 3.8) is 0 Å². The van der Waals surface area contributed by atoms with Crippen molar-refractivity contribution in [3.05, 3.63) is 66.8 Å². The number of ether oxygens (including phenoxy) is 1. The molecule has 0 bridgehead atoms. The van der Waals surface area contributed by atoms with Crippen LogP contribution < -0.4 is 4.90 Å². The fourth-order valence-electron chi connectivity index (χ4n) is 6.19. The van der Waals surface area contributed by atoms with Crippen molar-refractivity contribution in [2.24, 2.45) is 11.8 Å². The van der Waals surface area contributed by atoms with Crippen LogP contribution in [0.15, 0.2) is 66.8 Å². The first-order chi connectivity index (χ1) is 17.0. The summed E-state index contributed by atoms with van der Waals surface area (Å²) in [7, 11) is 1.71. The van der Waals surface area contributed by atoms with Gasteiger partial charge in [0.15, 0.2) is 0 Å². The second-order valence-electron chi connectivity index (χ2n) is 9.63. The van der Waals surface area contributed by atoms with Crippen LogP contribution in [0.2, 0.25) is 0 Å². The van der Waals surface area contributed by atoms with Crippen LogP contribution in [-0.2, 0) is 19.1 Å². The van der Waals surface area contributed by atoms with Crippen LogP contribution in [0.1, 0.15) is 0 Å². The SMILES string of the molecule is CN1CC=C[C@@H]2O[C@]34C=CCN(c5ccc6ccccc6c5)C(=O)C3N(CCO)C(=O)[C@@H]4[C@@H]2C1=O. The summed E-state index contributed by atoms with van der Waals surface area (Å²) in [6, 6.07) is 12.8. The van der Waals surface area contributed by atoms with Crippen LogP contribution >= 0.6 is 0 Å². The highest BCUT2D eigenvalue weighted by Crippen LogP contribution is 2.53. The minimum absolute atomic E-state index is 0.00644. The van der Waals surface area contributed by atoms with Gasteiger partial charge in [-0.2, -0.15) is 0 Å². The van der Waals surface area contributed by atoms with Gasteiger partial charge >= 0.3 is 0 Å². The normalized spacial score (nSPS) is 32.1. The molecule has 1 unspecified atom stereocenters. The Balaban J connectivity index is 1.45. The second kappa shape index (κ2) is 8.03. The summed E-state index contributed by atoms with van der Waals surface area (Å²) in [5.74, 6) is -2.33. The molecule has 2 aromatic rings. The van der Waals surface area contributed by atoms with E-state index >= 15 is 0 Å². The first-order valence-electron chi connectivity index (χ1n) is 11.9. The highest BCUT2D eigenvalue weighted by Gasteiger charge is 2.71. The van der Waals surface area contributed by atoms with E-state index in [0.29, 0.717) is 13.1 Å². The first-order valence-corrected chi connectivity index (χ1v) is 11.9. The summed E-state index contributed by atoms with van der Waals surface area (Å²) in [5.41, 5.74) is -0.555. The zero-order chi connectivity index (χ0) is 24.3. The Hall–Kier alpha value is -3.49. The van der Waals surface area contributed by atoms with Gasteiger partial charge in [0.05, 0.1) is 24.5 Å². The molecule has 0 radical (unpaired) electrons. The number of amides is 3. The fourth-order valence-corrected chi connectivity index (χ4v) is 6.19. The number of carbonyl (C=O) groups is 3. The van der Waals surface area contributed by atoms with E-state index in [9.17, 15) is 19.5 Å². The third-order valence-corrected chi connectivity index (χ3v) is 7.75. The van der Waals surface area contributed by atoms with E-state index in [4.69, 9.17) is 4.74 Å². The van der Waals surface area contributed by atoms with E-state index in [2.05, 4.69) is 0 Å². The number of aliphatic hydroxyl groups excluding tert-OH is 1. The van der Waals surface area contributed by atoms with E-state index in [1.807, 2.05) is 66.8 Å². The van der Waals surface area contributed by atoms with Gasteiger partial charge in [0.2, 0.25) is 11.8 Å². The number of β-amino-alcohol motifs (C(OH)–C–C–N with tert-alkyl or cyclic N) is 1. The quantitative estimate of drug-likeness (QED) is 0.680. The minimum Gasteiger partial charge on any atom is -0.395 e. The molecule has 180 valence electrons. The predicted octanol–water partition coefficient (Wildman–Crippen LogP) is 1.34. The van der Waals surface area contributed by atoms with Gasteiger partial charge < -0.3 is 24.5 Å². The minimum atomic E-state index is -1.28. The van der Waals surface area contributed by atoms with Crippen LogP contribution in [0.3, 0.4) is 0 Å². The molecule has 0 aliphatic carbocycles. The maximum atomic E-state index is 14.2. The van der Waals surface area contributed by atoms with Crippen molar-refractivity contribution in [2.75, 3.05) is 38.2 Å². The summed E-state index contributed by atoms with van der Waals surface area (Å²) >= 11 is 0. The van der Waals surface area contributed by atoms with Crippen LogP contribution in [0.4, 0.5) is 5.69 Å². The van der Waals surface area contributed by atoms with Crippen LogP contribution in [0.5, 0.6) is 0 Å². The largest absolute Gasteiger partial charge is 0.395 e. The lowest BCUT2D eigenvalue weighted by molar-refractivity contribution is -0.144. The Labute approximate surface area is 203 Å². The molecule has 6 rings (SSSR count). The van der Waals surface area contributed by atoms with Gasteiger partial charge in [0, 0.05) is 32.4 Å². The Morgan fingerprint density at radius 3 is 2.60 bits per heavy atom. The van der Waals surface area contributed by atoms with Gasteiger partial charge in [-0.25, -0.2) is 0 Å². The number of carbonyl (C=O) groups excluding carboxylic acids is 3. The van der Waals surface area contributed by atoms with Crippen molar-refractivity contribution in [1.82, 2.24) is 9.80 Å². The first kappa shape index (κ1) is 22.0. The molecule has 4 aliphatic rings. The smallest absolute Gasteiger partial charge is 0.253 e. The van der Waals surface area contributed by atoms with Crippen molar-refractivity contribution < 1.29 is 24.2 Å². The fraction of sp³-hybridized carbons (Fsp3) is 0.370. The Bertz CT molecular complexity index is 1290. The molecule has 0 aromatic heterocycles. The molecular weight excluding hydrogens is 446 g/mol. The van der Waals surface area contributed by atoms with Crippen molar-refractivity contribution >= 4 is 34.2 Å². The van der Waals surface area contributed by atoms with E-state index in [0.717, 1.165) is 16.5 Å². The number of benzene rings is 2. The predicted molar refractivity (Wildman–Crippen MR) is 129 cm³/mol.